The zero-order valence-corrected chi connectivity index (χ0v) is 11.6. The lowest BCUT2D eigenvalue weighted by molar-refractivity contribution is 0.0446. The fraction of sp³-hybridized carbons (Fsp3) is 0.733. The Labute approximate surface area is 118 Å². The first-order valence-corrected chi connectivity index (χ1v) is 7.77. The van der Waals surface area contributed by atoms with Gasteiger partial charge in [0.15, 0.2) is 5.69 Å². The Morgan fingerprint density at radius 3 is 2.75 bits per heavy atom. The van der Waals surface area contributed by atoms with E-state index in [4.69, 9.17) is 0 Å². The Morgan fingerprint density at radius 2 is 2.05 bits per heavy atom. The maximum atomic E-state index is 12.9. The first-order valence-electron chi connectivity index (χ1n) is 7.77. The van der Waals surface area contributed by atoms with Crippen LogP contribution in [0.4, 0.5) is 0 Å². The second-order valence-electron chi connectivity index (χ2n) is 6.50. The van der Waals surface area contributed by atoms with Crippen molar-refractivity contribution in [3.8, 4) is 0 Å². The molecule has 2 bridgehead atoms. The van der Waals surface area contributed by atoms with Crippen LogP contribution in [0.1, 0.15) is 53.8 Å². The molecule has 3 aliphatic rings. The highest BCUT2D eigenvalue weighted by atomic mass is 16.3. The number of aromatic nitrogens is 2. The standard InChI is InChI=1S/C15H21N3O2/c19-8-9-6-10-4-5-11(7-9)18(10)15(20)14-12-2-1-3-13(12)16-17-14/h9-11,19H,1-8H2,(H,16,17)/t9?,10-,11+. The van der Waals surface area contributed by atoms with Crippen LogP contribution in [-0.2, 0) is 12.8 Å². The molecule has 1 unspecified atom stereocenters. The number of H-pyrrole nitrogens is 1. The average Bonchev–Trinajstić information content (AvgIpc) is 3.11. The van der Waals surface area contributed by atoms with E-state index in [-0.39, 0.29) is 12.5 Å². The number of nitrogens with zero attached hydrogens (tertiary/aromatic N) is 2. The first kappa shape index (κ1) is 12.4. The number of hydrogen-bond acceptors (Lipinski definition) is 3. The van der Waals surface area contributed by atoms with Gasteiger partial charge in [0.1, 0.15) is 0 Å². The number of hydrogen-bond donors (Lipinski definition) is 2. The summed E-state index contributed by atoms with van der Waals surface area (Å²) in [4.78, 5) is 14.9. The van der Waals surface area contributed by atoms with Crippen molar-refractivity contribution in [2.24, 2.45) is 5.92 Å². The number of fused-ring (bicyclic) bond motifs is 3. The molecule has 5 heteroatoms. The summed E-state index contributed by atoms with van der Waals surface area (Å²) in [6.45, 7) is 0.257. The molecule has 108 valence electrons. The molecule has 2 aliphatic heterocycles. The van der Waals surface area contributed by atoms with E-state index in [1.54, 1.807) is 0 Å². The van der Waals surface area contributed by atoms with Crippen molar-refractivity contribution in [3.05, 3.63) is 17.0 Å². The van der Waals surface area contributed by atoms with Crippen molar-refractivity contribution in [3.63, 3.8) is 0 Å². The zero-order valence-electron chi connectivity index (χ0n) is 11.6. The summed E-state index contributed by atoms with van der Waals surface area (Å²) in [7, 11) is 0. The number of aliphatic hydroxyl groups excluding tert-OH is 1. The average molecular weight is 275 g/mol. The van der Waals surface area contributed by atoms with Crippen molar-refractivity contribution in [1.29, 1.82) is 0 Å². The Balaban J connectivity index is 1.60. The lowest BCUT2D eigenvalue weighted by Crippen LogP contribution is -2.47. The van der Waals surface area contributed by atoms with Gasteiger partial charge in [0.2, 0.25) is 0 Å². The number of carbonyl (C=O) groups is 1. The van der Waals surface area contributed by atoms with Crippen LogP contribution in [-0.4, -0.2) is 44.8 Å². The number of aromatic amines is 1. The van der Waals surface area contributed by atoms with Gasteiger partial charge in [-0.25, -0.2) is 0 Å². The van der Waals surface area contributed by atoms with Gasteiger partial charge in [-0.3, -0.25) is 9.89 Å². The summed E-state index contributed by atoms with van der Waals surface area (Å²) >= 11 is 0. The second-order valence-corrected chi connectivity index (χ2v) is 6.50. The smallest absolute Gasteiger partial charge is 0.275 e. The fourth-order valence-corrected chi connectivity index (χ4v) is 4.39. The van der Waals surface area contributed by atoms with Gasteiger partial charge in [0.05, 0.1) is 0 Å². The molecule has 2 N–H and O–H groups in total. The minimum absolute atomic E-state index is 0.119. The molecule has 1 amide bonds. The van der Waals surface area contributed by atoms with Crippen molar-refractivity contribution < 1.29 is 9.90 Å². The van der Waals surface area contributed by atoms with Crippen molar-refractivity contribution in [2.45, 2.75) is 57.0 Å². The topological polar surface area (TPSA) is 69.2 Å². The highest BCUT2D eigenvalue weighted by Gasteiger charge is 2.44. The Bertz CT molecular complexity index is 525. The number of piperidine rings is 1. The lowest BCUT2D eigenvalue weighted by atomic mass is 9.91. The molecule has 3 atom stereocenters. The minimum atomic E-state index is 0.119. The molecule has 5 nitrogen and oxygen atoms in total. The van der Waals surface area contributed by atoms with E-state index < -0.39 is 0 Å². The summed E-state index contributed by atoms with van der Waals surface area (Å²) in [5.74, 6) is 0.495. The molecule has 20 heavy (non-hydrogen) atoms. The molecule has 1 aliphatic carbocycles. The second kappa shape index (κ2) is 4.58. The monoisotopic (exact) mass is 275 g/mol. The quantitative estimate of drug-likeness (QED) is 0.854. The van der Waals surface area contributed by atoms with E-state index in [0.717, 1.165) is 56.2 Å². The van der Waals surface area contributed by atoms with Crippen LogP contribution in [0.2, 0.25) is 0 Å². The summed E-state index contributed by atoms with van der Waals surface area (Å²) in [5, 5.41) is 16.7. The zero-order chi connectivity index (χ0) is 13.7. The summed E-state index contributed by atoms with van der Waals surface area (Å²) in [6.07, 6.45) is 7.20. The number of nitrogens with one attached hydrogen (secondary N) is 1. The molecule has 4 rings (SSSR count). The number of aliphatic hydroxyl groups is 1. The molecule has 1 aromatic heterocycles. The fourth-order valence-electron chi connectivity index (χ4n) is 4.39. The maximum Gasteiger partial charge on any atom is 0.275 e. The maximum absolute atomic E-state index is 12.9. The first-order chi connectivity index (χ1) is 9.78. The van der Waals surface area contributed by atoms with Gasteiger partial charge in [-0.15, -0.1) is 0 Å². The molecule has 2 saturated heterocycles. The number of aryl methyl sites for hydroxylation is 1. The van der Waals surface area contributed by atoms with Crippen LogP contribution in [0, 0.1) is 5.92 Å². The molecule has 0 aromatic carbocycles. The molecular formula is C15H21N3O2. The van der Waals surface area contributed by atoms with Gasteiger partial charge in [-0.1, -0.05) is 0 Å². The molecule has 0 radical (unpaired) electrons. The molecule has 1 aromatic rings. The van der Waals surface area contributed by atoms with Gasteiger partial charge >= 0.3 is 0 Å². The summed E-state index contributed by atoms with van der Waals surface area (Å²) in [6, 6.07) is 0.624. The lowest BCUT2D eigenvalue weighted by Gasteiger charge is -2.38. The molecule has 0 saturated carbocycles. The van der Waals surface area contributed by atoms with Crippen LogP contribution < -0.4 is 0 Å². The van der Waals surface area contributed by atoms with Crippen molar-refractivity contribution in [2.75, 3.05) is 6.61 Å². The van der Waals surface area contributed by atoms with Crippen LogP contribution in [0.3, 0.4) is 0 Å². The normalized spacial score (nSPS) is 31.6. The van der Waals surface area contributed by atoms with Crippen molar-refractivity contribution in [1.82, 2.24) is 15.1 Å². The van der Waals surface area contributed by atoms with Gasteiger partial charge in [-0.05, 0) is 50.9 Å². The molecule has 2 fully saturated rings. The van der Waals surface area contributed by atoms with E-state index in [9.17, 15) is 9.90 Å². The molecule has 3 heterocycles. The number of carbonyl (C=O) groups excluding carboxylic acids is 1. The number of rotatable bonds is 2. The van der Waals surface area contributed by atoms with E-state index in [1.165, 1.54) is 0 Å². The van der Waals surface area contributed by atoms with Crippen LogP contribution >= 0.6 is 0 Å². The van der Waals surface area contributed by atoms with E-state index >= 15 is 0 Å². The molecule has 0 spiro atoms. The van der Waals surface area contributed by atoms with E-state index in [2.05, 4.69) is 15.1 Å². The van der Waals surface area contributed by atoms with Crippen LogP contribution in [0.5, 0.6) is 0 Å². The van der Waals surface area contributed by atoms with E-state index in [1.807, 2.05) is 0 Å². The molecular weight excluding hydrogens is 254 g/mol. The third-order valence-electron chi connectivity index (χ3n) is 5.33. The largest absolute Gasteiger partial charge is 0.396 e. The van der Waals surface area contributed by atoms with Gasteiger partial charge in [0, 0.05) is 29.9 Å². The van der Waals surface area contributed by atoms with Gasteiger partial charge in [0.25, 0.3) is 5.91 Å². The Morgan fingerprint density at radius 1 is 1.30 bits per heavy atom. The Kier molecular flexibility index (Phi) is 2.84. The van der Waals surface area contributed by atoms with Crippen LogP contribution in [0.25, 0.3) is 0 Å². The SMILES string of the molecule is O=C(c1n[nH]c2c1CCC2)N1[C@@H]2CC[C@H]1CC(CO)C2. The summed E-state index contributed by atoms with van der Waals surface area (Å²) in [5.41, 5.74) is 2.97. The Hall–Kier alpha value is -1.36. The third kappa shape index (κ3) is 1.72. The van der Waals surface area contributed by atoms with Gasteiger partial charge < -0.3 is 10.0 Å². The minimum Gasteiger partial charge on any atom is -0.396 e. The van der Waals surface area contributed by atoms with Crippen LogP contribution in [0.15, 0.2) is 0 Å². The predicted octanol–water partition coefficient (Wildman–Crippen LogP) is 1.27. The highest BCUT2D eigenvalue weighted by molar-refractivity contribution is 5.95. The summed E-state index contributed by atoms with van der Waals surface area (Å²) < 4.78 is 0. The predicted molar refractivity (Wildman–Crippen MR) is 73.4 cm³/mol. The number of amides is 1. The third-order valence-corrected chi connectivity index (χ3v) is 5.33. The highest BCUT2D eigenvalue weighted by Crippen LogP contribution is 2.39. The van der Waals surface area contributed by atoms with E-state index in [0.29, 0.717) is 23.7 Å². The van der Waals surface area contributed by atoms with Crippen molar-refractivity contribution >= 4 is 5.91 Å². The van der Waals surface area contributed by atoms with Gasteiger partial charge in [-0.2, -0.15) is 5.10 Å².